The zero-order chi connectivity index (χ0) is 23.3. The van der Waals surface area contributed by atoms with Gasteiger partial charge in [-0.2, -0.15) is 0 Å². The van der Waals surface area contributed by atoms with E-state index in [9.17, 15) is 10.2 Å². The second-order valence-corrected chi connectivity index (χ2v) is 13.4. The molecular weight excluding hydrogens is 426 g/mol. The third kappa shape index (κ3) is 1.91. The first-order valence-electron chi connectivity index (χ1n) is 13.4. The molecule has 0 amide bonds. The van der Waals surface area contributed by atoms with Gasteiger partial charge >= 0.3 is 0 Å². The summed E-state index contributed by atoms with van der Waals surface area (Å²) in [5, 5.41) is 23.0. The summed E-state index contributed by atoms with van der Waals surface area (Å²) in [6, 6.07) is 4.38. The number of hydrogen-bond acceptors (Lipinski definition) is 5. The summed E-state index contributed by atoms with van der Waals surface area (Å²) in [5.41, 5.74) is 1.04. The van der Waals surface area contributed by atoms with Crippen LogP contribution in [-0.2, 0) is 16.6 Å². The largest absolute Gasteiger partial charge is 0.504 e. The summed E-state index contributed by atoms with van der Waals surface area (Å²) in [6.45, 7) is 6.69. The minimum Gasteiger partial charge on any atom is -0.504 e. The zero-order valence-corrected chi connectivity index (χ0v) is 20.6. The van der Waals surface area contributed by atoms with E-state index in [1.807, 2.05) is 13.2 Å². The Morgan fingerprint density at radius 2 is 1.97 bits per heavy atom. The Kier molecular flexibility index (Phi) is 3.56. The molecule has 1 saturated heterocycles. The molecule has 8 aliphatic rings. The standard InChI is InChI=1S/C29H37NO4/c1-25(2)8-9-27(23(25)32)16-26-10-11-29(27,33-3)24-28(26)12-13-30(15-17-4-5-17)20(26)14-18-6-7-19(31)22(34-24)21(18)28/h6-7,10-11,17,20,23-24,31-32H,4-5,8-9,12-16H2,1-3H3/t20?,23-,24+,26?,27?,28?,29+/m1/s1. The van der Waals surface area contributed by atoms with Gasteiger partial charge < -0.3 is 19.7 Å². The topological polar surface area (TPSA) is 62.2 Å². The van der Waals surface area contributed by atoms with Crippen LogP contribution in [0.4, 0.5) is 0 Å². The minimum atomic E-state index is -0.703. The Bertz CT molecular complexity index is 1140. The number of methoxy groups -OCH3 is 1. The second kappa shape index (κ2) is 5.87. The molecule has 4 fully saturated rings. The number of likely N-dealkylation sites (tertiary alicyclic amines) is 1. The van der Waals surface area contributed by atoms with E-state index in [1.165, 1.54) is 30.5 Å². The fourth-order valence-corrected chi connectivity index (χ4v) is 10.2. The van der Waals surface area contributed by atoms with Gasteiger partial charge in [0.05, 0.1) is 11.5 Å². The molecule has 4 unspecified atom stereocenters. The molecule has 5 nitrogen and oxygen atoms in total. The molecule has 4 bridgehead atoms. The van der Waals surface area contributed by atoms with Crippen molar-refractivity contribution in [2.75, 3.05) is 20.2 Å². The summed E-state index contributed by atoms with van der Waals surface area (Å²) in [7, 11) is 1.81. The number of benzene rings is 1. The van der Waals surface area contributed by atoms with E-state index in [0.29, 0.717) is 11.8 Å². The Balaban J connectivity index is 1.42. The van der Waals surface area contributed by atoms with Crippen molar-refractivity contribution in [3.63, 3.8) is 0 Å². The van der Waals surface area contributed by atoms with E-state index in [2.05, 4.69) is 37.0 Å². The van der Waals surface area contributed by atoms with E-state index < -0.39 is 11.7 Å². The van der Waals surface area contributed by atoms with Crippen molar-refractivity contribution in [1.82, 2.24) is 4.90 Å². The molecule has 1 aromatic rings. The van der Waals surface area contributed by atoms with Crippen LogP contribution in [0.15, 0.2) is 24.3 Å². The van der Waals surface area contributed by atoms with Crippen molar-refractivity contribution in [3.8, 4) is 11.5 Å². The predicted molar refractivity (Wildman–Crippen MR) is 128 cm³/mol. The number of rotatable bonds is 3. The highest BCUT2D eigenvalue weighted by atomic mass is 16.6. The highest BCUT2D eigenvalue weighted by molar-refractivity contribution is 5.65. The maximum atomic E-state index is 12.0. The maximum absolute atomic E-state index is 12.0. The number of aliphatic hydroxyl groups excluding tert-OH is 1. The molecule has 2 heterocycles. The molecule has 5 heteroatoms. The summed E-state index contributed by atoms with van der Waals surface area (Å²) in [4.78, 5) is 2.80. The quantitative estimate of drug-likeness (QED) is 0.665. The van der Waals surface area contributed by atoms with Crippen molar-refractivity contribution in [2.24, 2.45) is 22.2 Å². The molecule has 7 atom stereocenters. The van der Waals surface area contributed by atoms with Crippen molar-refractivity contribution in [2.45, 2.75) is 88.1 Å². The predicted octanol–water partition coefficient (Wildman–Crippen LogP) is 3.94. The lowest BCUT2D eigenvalue weighted by atomic mass is 9.33. The van der Waals surface area contributed by atoms with Gasteiger partial charge in [0.1, 0.15) is 11.7 Å². The van der Waals surface area contributed by atoms with Gasteiger partial charge in [-0.15, -0.1) is 0 Å². The number of phenols is 1. The van der Waals surface area contributed by atoms with Crippen LogP contribution in [-0.4, -0.2) is 59.2 Å². The number of phenolic OH excluding ortho intramolecular Hbond substituents is 1. The maximum Gasteiger partial charge on any atom is 0.165 e. The fourth-order valence-electron chi connectivity index (χ4n) is 10.2. The highest BCUT2D eigenvalue weighted by Gasteiger charge is 2.84. The minimum absolute atomic E-state index is 0.113. The molecule has 2 aliphatic heterocycles. The third-order valence-corrected chi connectivity index (χ3v) is 11.8. The fraction of sp³-hybridized carbons (Fsp3) is 0.724. The molecule has 9 rings (SSSR count). The number of hydrogen-bond donors (Lipinski definition) is 2. The molecule has 1 aromatic carbocycles. The van der Waals surface area contributed by atoms with Gasteiger partial charge in [-0.05, 0) is 74.5 Å². The van der Waals surface area contributed by atoms with E-state index in [4.69, 9.17) is 9.47 Å². The molecule has 2 N–H and O–H groups in total. The smallest absolute Gasteiger partial charge is 0.165 e. The van der Waals surface area contributed by atoms with Crippen LogP contribution in [0.1, 0.15) is 63.5 Å². The number of piperidine rings is 1. The Hall–Kier alpha value is -1.56. The second-order valence-electron chi connectivity index (χ2n) is 13.4. The SMILES string of the molecule is CO[C@]12C=CC3(CC14CCC(C)(C)[C@H]4O)C1Cc4ccc(O)c5c4C3(CCN1CC1CC1)[C@@H]2O5. The number of nitrogens with zero attached hydrogens (tertiary/aromatic N) is 1. The summed E-state index contributed by atoms with van der Waals surface area (Å²) in [6.07, 6.45) is 11.8. The van der Waals surface area contributed by atoms with Gasteiger partial charge in [0, 0.05) is 36.1 Å². The lowest BCUT2D eigenvalue weighted by Gasteiger charge is -2.74. The Morgan fingerprint density at radius 3 is 2.68 bits per heavy atom. The molecule has 3 spiro atoms. The average Bonchev–Trinajstić information content (AvgIpc) is 3.52. The zero-order valence-electron chi connectivity index (χ0n) is 20.6. The molecule has 34 heavy (non-hydrogen) atoms. The van der Waals surface area contributed by atoms with Crippen LogP contribution < -0.4 is 4.74 Å². The van der Waals surface area contributed by atoms with E-state index in [1.54, 1.807) is 0 Å². The van der Waals surface area contributed by atoms with Crippen molar-refractivity contribution < 1.29 is 19.7 Å². The molecule has 3 saturated carbocycles. The van der Waals surface area contributed by atoms with E-state index >= 15 is 0 Å². The first-order chi connectivity index (χ1) is 16.2. The van der Waals surface area contributed by atoms with E-state index in [0.717, 1.165) is 44.6 Å². The van der Waals surface area contributed by atoms with Crippen molar-refractivity contribution in [3.05, 3.63) is 35.4 Å². The van der Waals surface area contributed by atoms with Gasteiger partial charge in [-0.25, -0.2) is 0 Å². The first-order valence-corrected chi connectivity index (χ1v) is 13.4. The van der Waals surface area contributed by atoms with Gasteiger partial charge in [0.15, 0.2) is 11.5 Å². The summed E-state index contributed by atoms with van der Waals surface area (Å²) >= 11 is 0. The lowest BCUT2D eigenvalue weighted by molar-refractivity contribution is -0.273. The van der Waals surface area contributed by atoms with Crippen molar-refractivity contribution in [1.29, 1.82) is 0 Å². The molecule has 6 aliphatic carbocycles. The molecule has 182 valence electrons. The van der Waals surface area contributed by atoms with Crippen LogP contribution in [0.2, 0.25) is 0 Å². The van der Waals surface area contributed by atoms with Crippen LogP contribution >= 0.6 is 0 Å². The van der Waals surface area contributed by atoms with E-state index in [-0.39, 0.29) is 33.5 Å². The monoisotopic (exact) mass is 463 g/mol. The Morgan fingerprint density at radius 1 is 1.15 bits per heavy atom. The number of aliphatic hydroxyl groups is 1. The molecule has 0 radical (unpaired) electrons. The normalized spacial score (nSPS) is 48.9. The van der Waals surface area contributed by atoms with Crippen LogP contribution in [0, 0.1) is 22.2 Å². The van der Waals surface area contributed by atoms with Gasteiger partial charge in [0.25, 0.3) is 0 Å². The molecule has 0 aromatic heterocycles. The summed E-state index contributed by atoms with van der Waals surface area (Å²) in [5.74, 6) is 1.79. The Labute approximate surface area is 202 Å². The van der Waals surface area contributed by atoms with Crippen LogP contribution in [0.3, 0.4) is 0 Å². The van der Waals surface area contributed by atoms with Gasteiger partial charge in [-0.3, -0.25) is 4.90 Å². The summed E-state index contributed by atoms with van der Waals surface area (Å²) < 4.78 is 13.5. The van der Waals surface area contributed by atoms with Gasteiger partial charge in [0.2, 0.25) is 0 Å². The number of ether oxygens (including phenoxy) is 2. The van der Waals surface area contributed by atoms with Crippen LogP contribution in [0.25, 0.3) is 0 Å². The van der Waals surface area contributed by atoms with Crippen molar-refractivity contribution >= 4 is 0 Å². The number of aromatic hydroxyl groups is 1. The highest BCUT2D eigenvalue weighted by Crippen LogP contribution is 2.79. The van der Waals surface area contributed by atoms with Gasteiger partial charge in [-0.1, -0.05) is 32.1 Å². The first kappa shape index (κ1) is 20.6. The average molecular weight is 464 g/mol. The lowest BCUT2D eigenvalue weighted by Crippen LogP contribution is -2.82. The third-order valence-electron chi connectivity index (χ3n) is 11.8. The van der Waals surface area contributed by atoms with Crippen LogP contribution in [0.5, 0.6) is 11.5 Å². The molecular formula is C29H37NO4.